The molecule has 0 aliphatic carbocycles. The minimum Gasteiger partial charge on any atom is -0.241 e. The first-order chi connectivity index (χ1) is 10.5. The van der Waals surface area contributed by atoms with E-state index in [2.05, 4.69) is 15.9 Å². The fourth-order valence-electron chi connectivity index (χ4n) is 2.40. The van der Waals surface area contributed by atoms with E-state index < -0.39 is 10.0 Å². The Labute approximate surface area is 138 Å². The molecule has 0 saturated heterocycles. The van der Waals surface area contributed by atoms with Crippen LogP contribution in [0.4, 0.5) is 0 Å². The first-order valence-electron chi connectivity index (χ1n) is 6.73. The van der Waals surface area contributed by atoms with Crippen LogP contribution in [0.25, 0.3) is 17.0 Å². The van der Waals surface area contributed by atoms with Crippen molar-refractivity contribution in [1.82, 2.24) is 3.97 Å². The molecule has 3 nitrogen and oxygen atoms in total. The van der Waals surface area contributed by atoms with Gasteiger partial charge in [0.1, 0.15) is 0 Å². The molecule has 0 spiro atoms. The molecule has 1 heterocycles. The van der Waals surface area contributed by atoms with E-state index in [4.69, 9.17) is 0 Å². The molecule has 1 aromatic heterocycles. The number of hydrogen-bond donors (Lipinski definition) is 0. The molecule has 0 saturated carbocycles. The Hall–Kier alpha value is -1.85. The molecule has 112 valence electrons. The highest BCUT2D eigenvalue weighted by atomic mass is 79.9. The minimum atomic E-state index is -3.61. The SMILES string of the molecule is Cc1ccc(S(=O)(=O)n2cc(/C=C\Br)c3ccccc32)cc1. The third kappa shape index (κ3) is 2.51. The third-order valence-electron chi connectivity index (χ3n) is 3.53. The van der Waals surface area contributed by atoms with Crippen LogP contribution in [0.3, 0.4) is 0 Å². The molecule has 3 aromatic rings. The van der Waals surface area contributed by atoms with Crippen LogP contribution in [0.5, 0.6) is 0 Å². The van der Waals surface area contributed by atoms with Gasteiger partial charge in [-0.15, -0.1) is 0 Å². The van der Waals surface area contributed by atoms with Crippen molar-refractivity contribution in [1.29, 1.82) is 0 Å². The number of rotatable bonds is 3. The molecule has 3 rings (SSSR count). The predicted octanol–water partition coefficient (Wildman–Crippen LogP) is 4.55. The Morgan fingerprint density at radius 3 is 2.41 bits per heavy atom. The molecule has 0 aliphatic heterocycles. The summed E-state index contributed by atoms with van der Waals surface area (Å²) in [5.41, 5.74) is 2.55. The molecule has 0 fully saturated rings. The van der Waals surface area contributed by atoms with Crippen molar-refractivity contribution in [2.75, 3.05) is 0 Å². The smallest absolute Gasteiger partial charge is 0.241 e. The van der Waals surface area contributed by atoms with Crippen molar-refractivity contribution >= 4 is 42.9 Å². The summed E-state index contributed by atoms with van der Waals surface area (Å²) in [7, 11) is -3.61. The molecule has 0 radical (unpaired) electrons. The van der Waals surface area contributed by atoms with Crippen LogP contribution in [-0.2, 0) is 10.0 Å². The van der Waals surface area contributed by atoms with Crippen LogP contribution in [-0.4, -0.2) is 12.4 Å². The molecule has 0 atom stereocenters. The lowest BCUT2D eigenvalue weighted by molar-refractivity contribution is 0.589. The van der Waals surface area contributed by atoms with Gasteiger partial charge in [-0.05, 0) is 36.2 Å². The van der Waals surface area contributed by atoms with Gasteiger partial charge in [-0.1, -0.05) is 51.8 Å². The standard InChI is InChI=1S/C17H14BrNO2S/c1-13-6-8-15(9-7-13)22(20,21)19-12-14(10-11-18)16-4-2-3-5-17(16)19/h2-12H,1H3/b11-10-. The molecular formula is C17H14BrNO2S. The third-order valence-corrected chi connectivity index (χ3v) is 5.48. The molecule has 0 unspecified atom stereocenters. The summed E-state index contributed by atoms with van der Waals surface area (Å²) in [5.74, 6) is 0. The van der Waals surface area contributed by atoms with Gasteiger partial charge in [-0.3, -0.25) is 0 Å². The summed E-state index contributed by atoms with van der Waals surface area (Å²) in [5, 5.41) is 0.897. The van der Waals surface area contributed by atoms with Gasteiger partial charge in [0.25, 0.3) is 10.0 Å². The highest BCUT2D eigenvalue weighted by Crippen LogP contribution is 2.27. The summed E-state index contributed by atoms with van der Waals surface area (Å²) >= 11 is 3.25. The zero-order valence-electron chi connectivity index (χ0n) is 11.9. The van der Waals surface area contributed by atoms with Crippen LogP contribution < -0.4 is 0 Å². The van der Waals surface area contributed by atoms with Gasteiger partial charge < -0.3 is 0 Å². The lowest BCUT2D eigenvalue weighted by Crippen LogP contribution is -2.11. The second kappa shape index (κ2) is 5.74. The number of fused-ring (bicyclic) bond motifs is 1. The Bertz CT molecular complexity index is 954. The molecule has 0 amide bonds. The average Bonchev–Trinajstić information content (AvgIpc) is 2.88. The van der Waals surface area contributed by atoms with Crippen molar-refractivity contribution in [3.05, 3.63) is 70.8 Å². The molecule has 5 heteroatoms. The van der Waals surface area contributed by atoms with Crippen molar-refractivity contribution < 1.29 is 8.42 Å². The minimum absolute atomic E-state index is 0.285. The topological polar surface area (TPSA) is 39.1 Å². The van der Waals surface area contributed by atoms with Crippen LogP contribution in [0, 0.1) is 6.92 Å². The van der Waals surface area contributed by atoms with E-state index in [-0.39, 0.29) is 4.90 Å². The summed E-state index contributed by atoms with van der Waals surface area (Å²) in [6.45, 7) is 1.93. The second-order valence-electron chi connectivity index (χ2n) is 5.01. The first kappa shape index (κ1) is 15.1. The normalized spacial score (nSPS) is 12.3. The number of halogens is 1. The Morgan fingerprint density at radius 1 is 1.05 bits per heavy atom. The maximum Gasteiger partial charge on any atom is 0.268 e. The number of benzene rings is 2. The van der Waals surface area contributed by atoms with Crippen molar-refractivity contribution in [2.24, 2.45) is 0 Å². The molecule has 22 heavy (non-hydrogen) atoms. The number of aryl methyl sites for hydroxylation is 1. The zero-order valence-corrected chi connectivity index (χ0v) is 14.3. The van der Waals surface area contributed by atoms with Crippen molar-refractivity contribution in [3.8, 4) is 0 Å². The largest absolute Gasteiger partial charge is 0.268 e. The number of para-hydroxylation sites is 1. The predicted molar refractivity (Wildman–Crippen MR) is 93.7 cm³/mol. The van der Waals surface area contributed by atoms with Gasteiger partial charge in [0.2, 0.25) is 0 Å². The van der Waals surface area contributed by atoms with Gasteiger partial charge in [0.15, 0.2) is 0 Å². The van der Waals surface area contributed by atoms with Gasteiger partial charge in [0.05, 0.1) is 10.4 Å². The molecule has 2 aromatic carbocycles. The molecule has 0 aliphatic rings. The van der Waals surface area contributed by atoms with Crippen LogP contribution in [0.15, 0.2) is 64.6 Å². The van der Waals surface area contributed by atoms with Gasteiger partial charge >= 0.3 is 0 Å². The van der Waals surface area contributed by atoms with Crippen molar-refractivity contribution in [2.45, 2.75) is 11.8 Å². The Balaban J connectivity index is 2.27. The highest BCUT2D eigenvalue weighted by molar-refractivity contribution is 9.11. The first-order valence-corrected chi connectivity index (χ1v) is 9.09. The fraction of sp³-hybridized carbons (Fsp3) is 0.0588. The van der Waals surface area contributed by atoms with Crippen LogP contribution in [0.2, 0.25) is 0 Å². The maximum absolute atomic E-state index is 12.9. The van der Waals surface area contributed by atoms with Gasteiger partial charge in [-0.25, -0.2) is 12.4 Å². The zero-order chi connectivity index (χ0) is 15.7. The number of hydrogen-bond acceptors (Lipinski definition) is 2. The summed E-state index contributed by atoms with van der Waals surface area (Å²) < 4.78 is 27.2. The van der Waals surface area contributed by atoms with E-state index >= 15 is 0 Å². The molecule has 0 N–H and O–H groups in total. The number of nitrogens with zero attached hydrogens (tertiary/aromatic N) is 1. The molecule has 0 bridgehead atoms. The lowest BCUT2D eigenvalue weighted by Gasteiger charge is -2.07. The monoisotopic (exact) mass is 375 g/mol. The summed E-state index contributed by atoms with van der Waals surface area (Å²) in [6, 6.07) is 14.3. The second-order valence-corrected chi connectivity index (χ2v) is 7.35. The van der Waals surface area contributed by atoms with Gasteiger partial charge in [-0.2, -0.15) is 0 Å². The van der Waals surface area contributed by atoms with E-state index in [9.17, 15) is 8.42 Å². The van der Waals surface area contributed by atoms with Gasteiger partial charge in [0, 0.05) is 17.1 Å². The Kier molecular flexibility index (Phi) is 3.93. The summed E-state index contributed by atoms with van der Waals surface area (Å²) in [6.07, 6.45) is 3.49. The molecular weight excluding hydrogens is 362 g/mol. The van der Waals surface area contributed by atoms with E-state index in [0.717, 1.165) is 16.5 Å². The van der Waals surface area contributed by atoms with Crippen LogP contribution in [0.1, 0.15) is 11.1 Å². The number of aromatic nitrogens is 1. The Morgan fingerprint density at radius 2 is 1.73 bits per heavy atom. The van der Waals surface area contributed by atoms with Crippen molar-refractivity contribution in [3.63, 3.8) is 0 Å². The maximum atomic E-state index is 12.9. The fourth-order valence-corrected chi connectivity index (χ4v) is 4.06. The van der Waals surface area contributed by atoms with E-state index in [1.807, 2.05) is 37.3 Å². The summed E-state index contributed by atoms with van der Waals surface area (Å²) in [4.78, 5) is 2.01. The average molecular weight is 376 g/mol. The highest BCUT2D eigenvalue weighted by Gasteiger charge is 2.20. The van der Waals surface area contributed by atoms with E-state index in [1.54, 1.807) is 35.4 Å². The lowest BCUT2D eigenvalue weighted by atomic mass is 10.2. The van der Waals surface area contributed by atoms with Crippen LogP contribution >= 0.6 is 15.9 Å². The van der Waals surface area contributed by atoms with E-state index in [0.29, 0.717) is 5.52 Å². The quantitative estimate of drug-likeness (QED) is 0.673. The van der Waals surface area contributed by atoms with E-state index in [1.165, 1.54) is 3.97 Å².